The average molecular weight is 435 g/mol. The molecule has 10 heteroatoms. The highest BCUT2D eigenvalue weighted by Crippen LogP contribution is 2.22. The van der Waals surface area contributed by atoms with E-state index in [2.05, 4.69) is 10.3 Å². The first-order chi connectivity index (χ1) is 13.7. The number of rotatable bonds is 7. The fourth-order valence-electron chi connectivity index (χ4n) is 2.67. The molecule has 0 atom stereocenters. The summed E-state index contributed by atoms with van der Waals surface area (Å²) in [5.41, 5.74) is 1.33. The minimum absolute atomic E-state index is 0.0286. The highest BCUT2D eigenvalue weighted by atomic mass is 35.5. The molecular weight excluding hydrogens is 416 g/mol. The highest BCUT2D eigenvalue weighted by molar-refractivity contribution is 7.89. The number of ether oxygens (including phenoxy) is 1. The van der Waals surface area contributed by atoms with Gasteiger partial charge in [0.1, 0.15) is 6.61 Å². The van der Waals surface area contributed by atoms with E-state index in [1.807, 2.05) is 0 Å². The van der Waals surface area contributed by atoms with Crippen molar-refractivity contribution in [1.29, 1.82) is 0 Å². The standard InChI is InChI=1S/C19H19ClN4O4S/c1-24-12-22-10-19(24)28-11-14-6-7-15(9-17(14)29(21,26)27)23-18(25)8-13-4-2-3-5-16(13)20/h2-7,9-10,12H,8,11H2,1H3,(H,23,25)(H2,21,26,27). The maximum Gasteiger partial charge on any atom is 0.238 e. The van der Waals surface area contributed by atoms with E-state index < -0.39 is 10.0 Å². The van der Waals surface area contributed by atoms with E-state index in [4.69, 9.17) is 21.5 Å². The molecule has 0 aliphatic rings. The van der Waals surface area contributed by atoms with Gasteiger partial charge in [-0.05, 0) is 23.8 Å². The zero-order valence-electron chi connectivity index (χ0n) is 15.5. The number of nitrogens with two attached hydrogens (primary N) is 1. The van der Waals surface area contributed by atoms with Crippen molar-refractivity contribution >= 4 is 33.2 Å². The van der Waals surface area contributed by atoms with Crippen molar-refractivity contribution in [2.24, 2.45) is 12.2 Å². The molecule has 0 saturated heterocycles. The van der Waals surface area contributed by atoms with Gasteiger partial charge in [0.25, 0.3) is 0 Å². The molecule has 0 saturated carbocycles. The third-order valence-electron chi connectivity index (χ3n) is 4.11. The second-order valence-corrected chi connectivity index (χ2v) is 8.25. The molecule has 0 aliphatic carbocycles. The Morgan fingerprint density at radius 3 is 2.66 bits per heavy atom. The Hall–Kier alpha value is -2.88. The Morgan fingerprint density at radius 1 is 1.24 bits per heavy atom. The Kier molecular flexibility index (Phi) is 6.21. The van der Waals surface area contributed by atoms with E-state index in [-0.39, 0.29) is 23.8 Å². The van der Waals surface area contributed by atoms with Crippen LogP contribution in [0, 0.1) is 0 Å². The van der Waals surface area contributed by atoms with Crippen molar-refractivity contribution in [3.63, 3.8) is 0 Å². The molecule has 0 bridgehead atoms. The first-order valence-corrected chi connectivity index (χ1v) is 10.4. The SMILES string of the molecule is Cn1cncc1OCc1ccc(NC(=O)Cc2ccccc2Cl)cc1S(N)(=O)=O. The van der Waals surface area contributed by atoms with Crippen LogP contribution in [-0.2, 0) is 34.9 Å². The maximum absolute atomic E-state index is 12.3. The molecule has 1 heterocycles. The number of carbonyl (C=O) groups excluding carboxylic acids is 1. The van der Waals surface area contributed by atoms with Crippen molar-refractivity contribution in [1.82, 2.24) is 9.55 Å². The molecule has 2 aromatic carbocycles. The Labute approximate surface area is 173 Å². The lowest BCUT2D eigenvalue weighted by Crippen LogP contribution is -2.18. The molecule has 1 aromatic heterocycles. The van der Waals surface area contributed by atoms with Gasteiger partial charge in [0, 0.05) is 23.3 Å². The van der Waals surface area contributed by atoms with Gasteiger partial charge in [-0.25, -0.2) is 18.5 Å². The lowest BCUT2D eigenvalue weighted by atomic mass is 10.1. The van der Waals surface area contributed by atoms with Gasteiger partial charge in [-0.1, -0.05) is 35.9 Å². The van der Waals surface area contributed by atoms with Crippen molar-refractivity contribution < 1.29 is 17.9 Å². The predicted molar refractivity (Wildman–Crippen MR) is 109 cm³/mol. The number of anilines is 1. The number of primary sulfonamides is 1. The van der Waals surface area contributed by atoms with Crippen LogP contribution in [0.1, 0.15) is 11.1 Å². The number of imidazole rings is 1. The Morgan fingerprint density at radius 2 is 2.00 bits per heavy atom. The van der Waals surface area contributed by atoms with Gasteiger partial charge in [0.05, 0.1) is 23.8 Å². The Bertz CT molecular complexity index is 1140. The van der Waals surface area contributed by atoms with Crippen molar-refractivity contribution in [2.75, 3.05) is 5.32 Å². The molecule has 152 valence electrons. The van der Waals surface area contributed by atoms with E-state index >= 15 is 0 Å². The summed E-state index contributed by atoms with van der Waals surface area (Å²) in [5, 5.41) is 8.49. The summed E-state index contributed by atoms with van der Waals surface area (Å²) >= 11 is 6.07. The van der Waals surface area contributed by atoms with Gasteiger partial charge in [0.2, 0.25) is 21.8 Å². The summed E-state index contributed by atoms with van der Waals surface area (Å²) in [6.07, 6.45) is 3.13. The maximum atomic E-state index is 12.3. The largest absolute Gasteiger partial charge is 0.473 e. The number of aromatic nitrogens is 2. The van der Waals surface area contributed by atoms with Crippen LogP contribution in [0.4, 0.5) is 5.69 Å². The van der Waals surface area contributed by atoms with Crippen LogP contribution >= 0.6 is 11.6 Å². The minimum atomic E-state index is -4.03. The first-order valence-electron chi connectivity index (χ1n) is 8.52. The molecule has 3 aromatic rings. The van der Waals surface area contributed by atoms with Crippen LogP contribution in [0.25, 0.3) is 0 Å². The van der Waals surface area contributed by atoms with Crippen LogP contribution in [0.2, 0.25) is 5.02 Å². The summed E-state index contributed by atoms with van der Waals surface area (Å²) in [6.45, 7) is -0.0286. The lowest BCUT2D eigenvalue weighted by Gasteiger charge is -2.13. The van der Waals surface area contributed by atoms with Crippen molar-refractivity contribution in [3.05, 3.63) is 71.1 Å². The zero-order valence-corrected chi connectivity index (χ0v) is 17.1. The molecule has 1 amide bonds. The quantitative estimate of drug-likeness (QED) is 0.592. The summed E-state index contributed by atoms with van der Waals surface area (Å²) < 4.78 is 31.3. The van der Waals surface area contributed by atoms with Gasteiger partial charge in [-0.2, -0.15) is 0 Å². The molecule has 8 nitrogen and oxygen atoms in total. The first kappa shape index (κ1) is 20.8. The molecule has 0 unspecified atom stereocenters. The number of carbonyl (C=O) groups is 1. The number of hydrogen-bond donors (Lipinski definition) is 2. The third-order valence-corrected chi connectivity index (χ3v) is 5.48. The fourth-order valence-corrected chi connectivity index (χ4v) is 3.66. The zero-order chi connectivity index (χ0) is 21.0. The molecule has 0 fully saturated rings. The third kappa shape index (κ3) is 5.35. The fraction of sp³-hybridized carbons (Fsp3) is 0.158. The number of amides is 1. The smallest absolute Gasteiger partial charge is 0.238 e. The molecule has 29 heavy (non-hydrogen) atoms. The van der Waals surface area contributed by atoms with Gasteiger partial charge in [-0.3, -0.25) is 4.79 Å². The number of halogens is 1. The number of aryl methyl sites for hydroxylation is 1. The van der Waals surface area contributed by atoms with Crippen molar-refractivity contribution in [2.45, 2.75) is 17.9 Å². The van der Waals surface area contributed by atoms with Crippen LogP contribution < -0.4 is 15.2 Å². The summed E-state index contributed by atoms with van der Waals surface area (Å²) in [7, 11) is -2.28. The van der Waals surface area contributed by atoms with E-state index in [1.165, 1.54) is 12.3 Å². The summed E-state index contributed by atoms with van der Waals surface area (Å²) in [6, 6.07) is 11.4. The molecule has 0 radical (unpaired) electrons. The van der Waals surface area contributed by atoms with Crippen LogP contribution in [0.15, 0.2) is 59.9 Å². The van der Waals surface area contributed by atoms with E-state index in [1.54, 1.807) is 54.3 Å². The van der Waals surface area contributed by atoms with Gasteiger partial charge < -0.3 is 14.6 Å². The molecule has 3 N–H and O–H groups in total. The number of hydrogen-bond acceptors (Lipinski definition) is 5. The number of benzene rings is 2. The molecular formula is C19H19ClN4O4S. The number of nitrogens with one attached hydrogen (secondary N) is 1. The molecule has 3 rings (SSSR count). The summed E-state index contributed by atoms with van der Waals surface area (Å²) in [5.74, 6) is 0.139. The van der Waals surface area contributed by atoms with Gasteiger partial charge in [-0.15, -0.1) is 0 Å². The van der Waals surface area contributed by atoms with E-state index in [0.717, 1.165) is 0 Å². The second kappa shape index (κ2) is 8.64. The molecule has 0 spiro atoms. The van der Waals surface area contributed by atoms with E-state index in [0.29, 0.717) is 27.7 Å². The predicted octanol–water partition coefficient (Wildman–Crippen LogP) is 2.48. The number of sulfonamides is 1. The second-order valence-electron chi connectivity index (χ2n) is 6.32. The van der Waals surface area contributed by atoms with Gasteiger partial charge >= 0.3 is 0 Å². The van der Waals surface area contributed by atoms with Crippen LogP contribution in [-0.4, -0.2) is 23.9 Å². The average Bonchev–Trinajstić information content (AvgIpc) is 3.06. The lowest BCUT2D eigenvalue weighted by molar-refractivity contribution is -0.115. The molecule has 0 aliphatic heterocycles. The van der Waals surface area contributed by atoms with Crippen molar-refractivity contribution in [3.8, 4) is 5.88 Å². The van der Waals surface area contributed by atoms with E-state index in [9.17, 15) is 13.2 Å². The summed E-state index contributed by atoms with van der Waals surface area (Å²) in [4.78, 5) is 16.1. The number of nitrogens with zero attached hydrogens (tertiary/aromatic N) is 2. The highest BCUT2D eigenvalue weighted by Gasteiger charge is 2.17. The monoisotopic (exact) mass is 434 g/mol. The van der Waals surface area contributed by atoms with Gasteiger partial charge in [0.15, 0.2) is 0 Å². The Balaban J connectivity index is 1.77. The normalized spacial score (nSPS) is 11.3. The topological polar surface area (TPSA) is 116 Å². The van der Waals surface area contributed by atoms with Crippen LogP contribution in [0.5, 0.6) is 5.88 Å². The van der Waals surface area contributed by atoms with Crippen LogP contribution in [0.3, 0.4) is 0 Å². The minimum Gasteiger partial charge on any atom is -0.473 e.